The summed E-state index contributed by atoms with van der Waals surface area (Å²) < 4.78 is 21.9. The summed E-state index contributed by atoms with van der Waals surface area (Å²) in [5.74, 6) is 1.26. The summed E-state index contributed by atoms with van der Waals surface area (Å²) in [4.78, 5) is 30.3. The van der Waals surface area contributed by atoms with Gasteiger partial charge in [-0.25, -0.2) is 4.98 Å². The second kappa shape index (κ2) is 9.88. The van der Waals surface area contributed by atoms with Gasteiger partial charge in [-0.15, -0.1) is 0 Å². The Morgan fingerprint density at radius 1 is 1.03 bits per heavy atom. The summed E-state index contributed by atoms with van der Waals surface area (Å²) in [5, 5.41) is 4.39. The number of fused-ring (bicyclic) bond motifs is 1. The summed E-state index contributed by atoms with van der Waals surface area (Å²) in [5.41, 5.74) is 7.38. The van der Waals surface area contributed by atoms with Gasteiger partial charge in [0.1, 0.15) is 11.5 Å². The van der Waals surface area contributed by atoms with E-state index in [0.717, 1.165) is 12.0 Å². The largest absolute Gasteiger partial charge is 0.493 e. The third-order valence-electron chi connectivity index (χ3n) is 5.36. The van der Waals surface area contributed by atoms with Crippen molar-refractivity contribution in [1.82, 2.24) is 21.0 Å². The molecule has 0 spiro atoms. The van der Waals surface area contributed by atoms with Gasteiger partial charge >= 0.3 is 0 Å². The molecule has 0 radical (unpaired) electrons. The topological polar surface area (TPSA) is 129 Å². The SMILES string of the molecule is CCCOc1ccc(C(=O)NNC(=O)c2cc(-c3cc(C)oc3C)nc3onc(C)c23)cc1OC. The lowest BCUT2D eigenvalue weighted by atomic mass is 10.1. The first-order chi connectivity index (χ1) is 16.8. The molecule has 2 N–H and O–H groups in total. The Morgan fingerprint density at radius 3 is 2.49 bits per heavy atom. The van der Waals surface area contributed by atoms with Gasteiger partial charge < -0.3 is 18.4 Å². The van der Waals surface area contributed by atoms with E-state index in [1.165, 1.54) is 7.11 Å². The summed E-state index contributed by atoms with van der Waals surface area (Å²) in [6.07, 6.45) is 0.840. The van der Waals surface area contributed by atoms with Crippen LogP contribution in [0.15, 0.2) is 39.3 Å². The lowest BCUT2D eigenvalue weighted by molar-refractivity contribution is 0.0847. The number of carbonyl (C=O) groups excluding carboxylic acids is 2. The highest BCUT2D eigenvalue weighted by Crippen LogP contribution is 2.31. The zero-order valence-electron chi connectivity index (χ0n) is 20.1. The van der Waals surface area contributed by atoms with Gasteiger partial charge in [-0.05, 0) is 57.5 Å². The van der Waals surface area contributed by atoms with E-state index >= 15 is 0 Å². The minimum absolute atomic E-state index is 0.210. The minimum Gasteiger partial charge on any atom is -0.493 e. The summed E-state index contributed by atoms with van der Waals surface area (Å²) in [6.45, 7) is 7.88. The maximum absolute atomic E-state index is 13.1. The molecular weight excluding hydrogens is 452 g/mol. The zero-order chi connectivity index (χ0) is 25.1. The normalized spacial score (nSPS) is 10.9. The van der Waals surface area contributed by atoms with Crippen LogP contribution in [0.5, 0.6) is 11.5 Å². The average molecular weight is 479 g/mol. The van der Waals surface area contributed by atoms with Crippen LogP contribution in [0.3, 0.4) is 0 Å². The van der Waals surface area contributed by atoms with E-state index in [1.54, 1.807) is 31.2 Å². The van der Waals surface area contributed by atoms with Gasteiger partial charge in [0.15, 0.2) is 11.5 Å². The number of benzene rings is 1. The number of pyridine rings is 1. The second-order valence-corrected chi connectivity index (χ2v) is 7.95. The van der Waals surface area contributed by atoms with Crippen molar-refractivity contribution in [1.29, 1.82) is 0 Å². The number of aromatic nitrogens is 2. The van der Waals surface area contributed by atoms with Gasteiger partial charge in [-0.3, -0.25) is 20.4 Å². The first-order valence-corrected chi connectivity index (χ1v) is 11.1. The van der Waals surface area contributed by atoms with Gasteiger partial charge in [0, 0.05) is 11.1 Å². The van der Waals surface area contributed by atoms with E-state index < -0.39 is 11.8 Å². The molecule has 0 unspecified atom stereocenters. The molecule has 0 saturated heterocycles. The number of hydrogen-bond acceptors (Lipinski definition) is 8. The smallest absolute Gasteiger partial charge is 0.270 e. The molecule has 0 aliphatic heterocycles. The van der Waals surface area contributed by atoms with E-state index in [4.69, 9.17) is 18.4 Å². The molecule has 0 bridgehead atoms. The van der Waals surface area contributed by atoms with Crippen LogP contribution in [-0.4, -0.2) is 35.7 Å². The van der Waals surface area contributed by atoms with Crippen molar-refractivity contribution in [2.24, 2.45) is 0 Å². The average Bonchev–Trinajstić information content (AvgIpc) is 3.40. The number of carbonyl (C=O) groups is 2. The maximum atomic E-state index is 13.1. The molecule has 10 heteroatoms. The Kier molecular flexibility index (Phi) is 6.72. The lowest BCUT2D eigenvalue weighted by Crippen LogP contribution is -2.41. The van der Waals surface area contributed by atoms with Gasteiger partial charge in [-0.2, -0.15) is 0 Å². The van der Waals surface area contributed by atoms with Crippen LogP contribution < -0.4 is 20.3 Å². The summed E-state index contributed by atoms with van der Waals surface area (Å²) in [6, 6.07) is 8.24. The molecule has 35 heavy (non-hydrogen) atoms. The van der Waals surface area contributed by atoms with E-state index in [0.29, 0.717) is 46.4 Å². The number of hydrogen-bond donors (Lipinski definition) is 2. The Labute approximate surface area is 201 Å². The number of nitrogens with zero attached hydrogens (tertiary/aromatic N) is 2. The number of nitrogens with one attached hydrogen (secondary N) is 2. The molecule has 1 aromatic carbocycles. The van der Waals surface area contributed by atoms with Crippen molar-refractivity contribution in [2.45, 2.75) is 34.1 Å². The molecule has 0 saturated carbocycles. The Bertz CT molecular complexity index is 1400. The van der Waals surface area contributed by atoms with Gasteiger partial charge in [-0.1, -0.05) is 12.1 Å². The van der Waals surface area contributed by atoms with Crippen LogP contribution in [0.2, 0.25) is 0 Å². The quantitative estimate of drug-likeness (QED) is 0.377. The highest BCUT2D eigenvalue weighted by molar-refractivity contribution is 6.08. The first kappa shape index (κ1) is 23.8. The lowest BCUT2D eigenvalue weighted by Gasteiger charge is -2.12. The molecule has 10 nitrogen and oxygen atoms in total. The number of methoxy groups -OCH3 is 1. The van der Waals surface area contributed by atoms with Crippen LogP contribution in [0.4, 0.5) is 0 Å². The number of furan rings is 1. The fourth-order valence-electron chi connectivity index (χ4n) is 3.69. The number of aryl methyl sites for hydroxylation is 3. The standard InChI is InChI=1S/C25H26N4O6/c1-6-9-33-20-8-7-16(11-21(20)32-5)23(30)27-28-24(31)18-12-19(17-10-13(2)34-15(17)4)26-25-22(18)14(3)29-35-25/h7-8,10-12H,6,9H2,1-5H3,(H,27,30)(H,28,31). The Balaban J connectivity index is 1.58. The summed E-state index contributed by atoms with van der Waals surface area (Å²) >= 11 is 0. The van der Waals surface area contributed by atoms with E-state index in [9.17, 15) is 9.59 Å². The Morgan fingerprint density at radius 2 is 1.80 bits per heavy atom. The summed E-state index contributed by atoms with van der Waals surface area (Å²) in [7, 11) is 1.49. The third-order valence-corrected chi connectivity index (χ3v) is 5.36. The fourth-order valence-corrected chi connectivity index (χ4v) is 3.69. The van der Waals surface area contributed by atoms with E-state index in [2.05, 4.69) is 21.0 Å². The number of rotatable bonds is 7. The van der Waals surface area contributed by atoms with Crippen molar-refractivity contribution in [3.8, 4) is 22.8 Å². The first-order valence-electron chi connectivity index (χ1n) is 11.1. The maximum Gasteiger partial charge on any atom is 0.270 e. The van der Waals surface area contributed by atoms with Crippen LogP contribution >= 0.6 is 0 Å². The molecule has 4 aromatic rings. The zero-order valence-corrected chi connectivity index (χ0v) is 20.1. The van der Waals surface area contributed by atoms with Gasteiger partial charge in [0.05, 0.1) is 36.1 Å². The molecule has 3 heterocycles. The molecule has 3 aromatic heterocycles. The molecule has 182 valence electrons. The molecular formula is C25H26N4O6. The minimum atomic E-state index is -0.550. The van der Waals surface area contributed by atoms with Crippen molar-refractivity contribution in [2.75, 3.05) is 13.7 Å². The highest BCUT2D eigenvalue weighted by atomic mass is 16.5. The number of ether oxygens (including phenoxy) is 2. The third kappa shape index (κ3) is 4.81. The predicted octanol–water partition coefficient (Wildman–Crippen LogP) is 4.28. The predicted molar refractivity (Wildman–Crippen MR) is 127 cm³/mol. The van der Waals surface area contributed by atoms with Crippen molar-refractivity contribution in [3.63, 3.8) is 0 Å². The number of hydrazine groups is 1. The molecule has 4 rings (SSSR count). The second-order valence-electron chi connectivity index (χ2n) is 7.95. The monoisotopic (exact) mass is 478 g/mol. The molecule has 0 atom stereocenters. The molecule has 0 aliphatic carbocycles. The van der Waals surface area contributed by atoms with Crippen LogP contribution in [-0.2, 0) is 0 Å². The number of amides is 2. The van der Waals surface area contributed by atoms with Gasteiger partial charge in [0.2, 0.25) is 0 Å². The van der Waals surface area contributed by atoms with Gasteiger partial charge in [0.25, 0.3) is 17.5 Å². The van der Waals surface area contributed by atoms with Crippen molar-refractivity contribution >= 4 is 22.9 Å². The van der Waals surface area contributed by atoms with Crippen LogP contribution in [0, 0.1) is 20.8 Å². The molecule has 0 fully saturated rings. The Hall–Kier alpha value is -4.34. The van der Waals surface area contributed by atoms with Crippen LogP contribution in [0.1, 0.15) is 51.3 Å². The van der Waals surface area contributed by atoms with Crippen LogP contribution in [0.25, 0.3) is 22.4 Å². The van der Waals surface area contributed by atoms with E-state index in [1.807, 2.05) is 26.8 Å². The molecule has 2 amide bonds. The fraction of sp³-hybridized carbons (Fsp3) is 0.280. The highest BCUT2D eigenvalue weighted by Gasteiger charge is 2.22. The van der Waals surface area contributed by atoms with E-state index in [-0.39, 0.29) is 16.8 Å². The van der Waals surface area contributed by atoms with Crippen molar-refractivity contribution in [3.05, 3.63) is 58.7 Å². The molecule has 0 aliphatic rings. The van der Waals surface area contributed by atoms with Crippen molar-refractivity contribution < 1.29 is 28.0 Å².